The number of nitrogens with one attached hydrogen (secondary N) is 3. The normalized spacial score (nSPS) is 13.1. The van der Waals surface area contributed by atoms with Crippen LogP contribution in [0.3, 0.4) is 0 Å². The third kappa shape index (κ3) is 3.71. The maximum Gasteiger partial charge on any atom is 0.318 e. The molecule has 0 aliphatic heterocycles. The zero-order valence-electron chi connectivity index (χ0n) is 12.9. The molecule has 0 spiro atoms. The second-order valence-corrected chi connectivity index (χ2v) is 6.64. The maximum atomic E-state index is 12.4. The van der Waals surface area contributed by atoms with E-state index < -0.39 is 0 Å². The van der Waals surface area contributed by atoms with Crippen molar-refractivity contribution in [1.29, 1.82) is 0 Å². The molecule has 0 bridgehead atoms. The van der Waals surface area contributed by atoms with Crippen LogP contribution in [0.25, 0.3) is 0 Å². The first kappa shape index (κ1) is 15.6. The van der Waals surface area contributed by atoms with Crippen LogP contribution in [0.2, 0.25) is 0 Å². The molecule has 3 rings (SSSR count). The summed E-state index contributed by atoms with van der Waals surface area (Å²) in [6.07, 6.45) is 4.60. The summed E-state index contributed by atoms with van der Waals surface area (Å²) in [5.41, 5.74) is 2.72. The van der Waals surface area contributed by atoms with Crippen molar-refractivity contribution in [3.8, 4) is 0 Å². The summed E-state index contributed by atoms with van der Waals surface area (Å²) in [4.78, 5) is 25.7. The Morgan fingerprint density at radius 3 is 2.30 bits per heavy atom. The van der Waals surface area contributed by atoms with Crippen molar-refractivity contribution in [3.05, 3.63) is 45.6 Å². The smallest absolute Gasteiger partial charge is 0.318 e. The minimum Gasteiger partial charge on any atom is -0.341 e. The van der Waals surface area contributed by atoms with E-state index in [1.807, 2.05) is 6.07 Å². The highest BCUT2D eigenvalue weighted by molar-refractivity contribution is 7.14. The number of rotatable bonds is 3. The van der Waals surface area contributed by atoms with Crippen molar-refractivity contribution >= 4 is 34.6 Å². The van der Waals surface area contributed by atoms with Crippen LogP contribution < -0.4 is 16.0 Å². The van der Waals surface area contributed by atoms with E-state index >= 15 is 0 Å². The number of amides is 3. The summed E-state index contributed by atoms with van der Waals surface area (Å²) in [5, 5.41) is 8.07. The van der Waals surface area contributed by atoms with Crippen molar-refractivity contribution in [2.75, 3.05) is 17.7 Å². The Hall–Kier alpha value is -2.34. The molecule has 3 N–H and O–H groups in total. The zero-order chi connectivity index (χ0) is 16.2. The average molecular weight is 329 g/mol. The molecule has 0 saturated heterocycles. The van der Waals surface area contributed by atoms with Crippen LogP contribution in [0.1, 0.15) is 33.0 Å². The molecule has 23 heavy (non-hydrogen) atoms. The molecule has 1 aromatic heterocycles. The van der Waals surface area contributed by atoms with Crippen molar-refractivity contribution < 1.29 is 9.59 Å². The summed E-state index contributed by atoms with van der Waals surface area (Å²) >= 11 is 1.60. The van der Waals surface area contributed by atoms with Gasteiger partial charge in [-0.25, -0.2) is 4.79 Å². The fourth-order valence-corrected chi connectivity index (χ4v) is 3.77. The van der Waals surface area contributed by atoms with E-state index in [1.165, 1.54) is 23.3 Å². The fraction of sp³-hybridized carbons (Fsp3) is 0.294. The van der Waals surface area contributed by atoms with Crippen LogP contribution in [0.15, 0.2) is 30.3 Å². The number of carbonyl (C=O) groups excluding carboxylic acids is 2. The number of urea groups is 1. The van der Waals surface area contributed by atoms with Crippen molar-refractivity contribution in [2.24, 2.45) is 0 Å². The van der Waals surface area contributed by atoms with Gasteiger partial charge in [0, 0.05) is 23.3 Å². The molecule has 0 fully saturated rings. The molecular formula is C17H19N3O2S. The van der Waals surface area contributed by atoms with Gasteiger partial charge in [0.25, 0.3) is 5.91 Å². The Labute approximate surface area is 139 Å². The summed E-state index contributed by atoms with van der Waals surface area (Å²) in [6, 6.07) is 8.81. The van der Waals surface area contributed by atoms with Crippen LogP contribution in [-0.2, 0) is 12.8 Å². The van der Waals surface area contributed by atoms with Gasteiger partial charge >= 0.3 is 6.03 Å². The number of thiophene rings is 1. The predicted molar refractivity (Wildman–Crippen MR) is 93.4 cm³/mol. The summed E-state index contributed by atoms with van der Waals surface area (Å²) in [5.74, 6) is -0.0728. The molecule has 0 radical (unpaired) electrons. The summed E-state index contributed by atoms with van der Waals surface area (Å²) in [7, 11) is 1.56. The van der Waals surface area contributed by atoms with E-state index in [0.29, 0.717) is 11.4 Å². The molecule has 5 nitrogen and oxygen atoms in total. The van der Waals surface area contributed by atoms with E-state index in [4.69, 9.17) is 0 Å². The molecule has 1 aliphatic rings. The quantitative estimate of drug-likeness (QED) is 0.805. The highest BCUT2D eigenvalue weighted by Gasteiger charge is 2.17. The number of hydrogen-bond donors (Lipinski definition) is 3. The number of anilines is 2. The second-order valence-electron chi connectivity index (χ2n) is 5.50. The minimum atomic E-state index is -0.272. The largest absolute Gasteiger partial charge is 0.341 e. The first-order chi connectivity index (χ1) is 11.2. The first-order valence-corrected chi connectivity index (χ1v) is 8.49. The highest BCUT2D eigenvalue weighted by atomic mass is 32.1. The molecule has 6 heteroatoms. The van der Waals surface area contributed by atoms with E-state index in [1.54, 1.807) is 42.6 Å². The molecule has 1 heterocycles. The number of fused-ring (bicyclic) bond motifs is 1. The van der Waals surface area contributed by atoms with Crippen LogP contribution in [-0.4, -0.2) is 19.0 Å². The van der Waals surface area contributed by atoms with Gasteiger partial charge in [-0.15, -0.1) is 11.3 Å². The van der Waals surface area contributed by atoms with Crippen LogP contribution in [0, 0.1) is 0 Å². The number of hydrogen-bond acceptors (Lipinski definition) is 3. The minimum absolute atomic E-state index is 0.0728. The molecular weight excluding hydrogens is 310 g/mol. The van der Waals surface area contributed by atoms with Gasteiger partial charge in [0.2, 0.25) is 0 Å². The Balaban J connectivity index is 1.65. The van der Waals surface area contributed by atoms with E-state index in [2.05, 4.69) is 16.0 Å². The van der Waals surface area contributed by atoms with Gasteiger partial charge in [-0.2, -0.15) is 0 Å². The van der Waals surface area contributed by atoms with Gasteiger partial charge in [-0.3, -0.25) is 4.79 Å². The van der Waals surface area contributed by atoms with Crippen LogP contribution >= 0.6 is 11.3 Å². The Morgan fingerprint density at radius 1 is 1.00 bits per heavy atom. The van der Waals surface area contributed by atoms with Gasteiger partial charge in [-0.05, 0) is 61.6 Å². The SMILES string of the molecule is CNC(=O)Nc1ccc(NC(=O)c2cc3c(s2)CCCC3)cc1. The summed E-state index contributed by atoms with van der Waals surface area (Å²) < 4.78 is 0. The Kier molecular flexibility index (Phi) is 4.62. The monoisotopic (exact) mass is 329 g/mol. The van der Waals surface area contributed by atoms with Gasteiger partial charge in [-0.1, -0.05) is 0 Å². The second kappa shape index (κ2) is 6.83. The fourth-order valence-electron chi connectivity index (χ4n) is 2.63. The van der Waals surface area contributed by atoms with Gasteiger partial charge in [0.1, 0.15) is 0 Å². The molecule has 1 aromatic carbocycles. The van der Waals surface area contributed by atoms with Gasteiger partial charge in [0.05, 0.1) is 4.88 Å². The lowest BCUT2D eigenvalue weighted by molar-refractivity contribution is 0.103. The number of aryl methyl sites for hydroxylation is 2. The van der Waals surface area contributed by atoms with E-state index in [-0.39, 0.29) is 11.9 Å². The standard InChI is InChI=1S/C17H19N3O2S/c1-18-17(22)20-13-8-6-12(7-9-13)19-16(21)15-10-11-4-2-3-5-14(11)23-15/h6-10H,2-5H2,1H3,(H,19,21)(H2,18,20,22). The lowest BCUT2D eigenvalue weighted by atomic mass is 9.99. The third-order valence-corrected chi connectivity index (χ3v) is 5.08. The molecule has 3 amide bonds. The molecule has 1 aliphatic carbocycles. The number of carbonyl (C=O) groups is 2. The van der Waals surface area contributed by atoms with Crippen LogP contribution in [0.5, 0.6) is 0 Å². The van der Waals surface area contributed by atoms with E-state index in [0.717, 1.165) is 17.7 Å². The van der Waals surface area contributed by atoms with Gasteiger partial charge < -0.3 is 16.0 Å². The predicted octanol–water partition coefficient (Wildman–Crippen LogP) is 3.63. The molecule has 2 aromatic rings. The lowest BCUT2D eigenvalue weighted by Crippen LogP contribution is -2.24. The highest BCUT2D eigenvalue weighted by Crippen LogP contribution is 2.30. The molecule has 0 unspecified atom stereocenters. The maximum absolute atomic E-state index is 12.4. The first-order valence-electron chi connectivity index (χ1n) is 7.67. The summed E-state index contributed by atoms with van der Waals surface area (Å²) in [6.45, 7) is 0. The van der Waals surface area contributed by atoms with Crippen LogP contribution in [0.4, 0.5) is 16.2 Å². The number of benzene rings is 1. The third-order valence-electron chi connectivity index (χ3n) is 3.85. The molecule has 0 atom stereocenters. The van der Waals surface area contributed by atoms with E-state index in [9.17, 15) is 9.59 Å². The van der Waals surface area contributed by atoms with Crippen molar-refractivity contribution in [1.82, 2.24) is 5.32 Å². The van der Waals surface area contributed by atoms with Crippen molar-refractivity contribution in [3.63, 3.8) is 0 Å². The van der Waals surface area contributed by atoms with Crippen molar-refractivity contribution in [2.45, 2.75) is 25.7 Å². The molecule has 0 saturated carbocycles. The Morgan fingerprint density at radius 2 is 1.65 bits per heavy atom. The zero-order valence-corrected chi connectivity index (χ0v) is 13.8. The average Bonchev–Trinajstić information content (AvgIpc) is 3.00. The topological polar surface area (TPSA) is 70.2 Å². The molecule has 120 valence electrons. The van der Waals surface area contributed by atoms with Gasteiger partial charge in [0.15, 0.2) is 0 Å². The lowest BCUT2D eigenvalue weighted by Gasteiger charge is -2.08. The Bertz CT molecular complexity index is 698.